The molecule has 0 spiro atoms. The number of rotatable bonds is 6. The number of likely N-dealkylation sites (N-methyl/N-ethyl adjacent to an activating group) is 1. The molecule has 0 atom stereocenters. The van der Waals surface area contributed by atoms with E-state index in [-0.39, 0.29) is 11.3 Å². The van der Waals surface area contributed by atoms with E-state index in [4.69, 9.17) is 0 Å². The summed E-state index contributed by atoms with van der Waals surface area (Å²) in [6, 6.07) is 3.98. The molecule has 0 fully saturated rings. The molecule has 124 valence electrons. The topological polar surface area (TPSA) is 46.1 Å². The second-order valence-electron chi connectivity index (χ2n) is 6.80. The average molecular weight is 331 g/mol. The van der Waals surface area contributed by atoms with Gasteiger partial charge < -0.3 is 4.90 Å². The molecule has 2 rings (SSSR count). The van der Waals surface area contributed by atoms with Crippen molar-refractivity contribution >= 4 is 17.2 Å². The summed E-state index contributed by atoms with van der Waals surface area (Å²) in [6.45, 7) is 7.20. The van der Waals surface area contributed by atoms with Crippen molar-refractivity contribution in [3.8, 4) is 0 Å². The first-order valence-corrected chi connectivity index (χ1v) is 8.82. The number of hydrogen-bond donors (Lipinski definition) is 0. The summed E-state index contributed by atoms with van der Waals surface area (Å²) in [4.78, 5) is 22.7. The Kier molecular flexibility index (Phi) is 5.88. The highest BCUT2D eigenvalue weighted by Gasteiger charge is 2.18. The van der Waals surface area contributed by atoms with E-state index < -0.39 is 0 Å². The first-order chi connectivity index (χ1) is 10.9. The van der Waals surface area contributed by atoms with Gasteiger partial charge in [-0.3, -0.25) is 9.78 Å². The smallest absolute Gasteiger partial charge is 0.222 e. The molecule has 0 unspecified atom stereocenters. The molecule has 23 heavy (non-hydrogen) atoms. The summed E-state index contributed by atoms with van der Waals surface area (Å²) in [5.74, 6) is 0.173. The Balaban J connectivity index is 1.79. The lowest BCUT2D eigenvalue weighted by molar-refractivity contribution is -0.129. The standard InChI is InChI=1S/C18H25N3OS/c1-18(2,3)15-13-23-16(20-15)5-6-17(22)21(4)12-9-14-7-10-19-11-8-14/h7-8,10-11,13H,5-6,9,12H2,1-4H3. The zero-order valence-electron chi connectivity index (χ0n) is 14.4. The molecule has 4 nitrogen and oxygen atoms in total. The van der Waals surface area contributed by atoms with Crippen molar-refractivity contribution in [2.45, 2.75) is 45.4 Å². The molecule has 5 heteroatoms. The number of pyridine rings is 1. The van der Waals surface area contributed by atoms with E-state index in [0.717, 1.165) is 30.1 Å². The van der Waals surface area contributed by atoms with Crippen LogP contribution in [0.15, 0.2) is 29.9 Å². The molecule has 1 amide bonds. The lowest BCUT2D eigenvalue weighted by Crippen LogP contribution is -2.29. The van der Waals surface area contributed by atoms with Crippen LogP contribution in [0.5, 0.6) is 0 Å². The van der Waals surface area contributed by atoms with Gasteiger partial charge in [-0.15, -0.1) is 11.3 Å². The fourth-order valence-electron chi connectivity index (χ4n) is 2.15. The fourth-order valence-corrected chi connectivity index (χ4v) is 3.17. The number of aromatic nitrogens is 2. The van der Waals surface area contributed by atoms with E-state index in [0.29, 0.717) is 6.42 Å². The summed E-state index contributed by atoms with van der Waals surface area (Å²) in [5, 5.41) is 3.15. The predicted molar refractivity (Wildman–Crippen MR) is 94.7 cm³/mol. The number of hydrogen-bond acceptors (Lipinski definition) is 4. The summed E-state index contributed by atoms with van der Waals surface area (Å²) < 4.78 is 0. The van der Waals surface area contributed by atoms with Crippen molar-refractivity contribution in [1.82, 2.24) is 14.9 Å². The Morgan fingerprint density at radius 3 is 2.52 bits per heavy atom. The predicted octanol–water partition coefficient (Wildman–Crippen LogP) is 3.47. The molecule has 0 bridgehead atoms. The minimum absolute atomic E-state index is 0.0695. The zero-order chi connectivity index (χ0) is 16.9. The van der Waals surface area contributed by atoms with E-state index in [1.807, 2.05) is 19.2 Å². The van der Waals surface area contributed by atoms with E-state index in [1.165, 1.54) is 5.56 Å². The lowest BCUT2D eigenvalue weighted by Gasteiger charge is -2.17. The molecule has 0 saturated carbocycles. The number of carbonyl (C=O) groups excluding carboxylic acids is 1. The Hall–Kier alpha value is -1.75. The van der Waals surface area contributed by atoms with Crippen LogP contribution in [0.1, 0.15) is 43.5 Å². The third kappa shape index (κ3) is 5.43. The van der Waals surface area contributed by atoms with Gasteiger partial charge in [-0.25, -0.2) is 4.98 Å². The molecule has 0 N–H and O–H groups in total. The van der Waals surface area contributed by atoms with Crippen molar-refractivity contribution in [3.63, 3.8) is 0 Å². The maximum Gasteiger partial charge on any atom is 0.222 e. The molecule has 0 aromatic carbocycles. The largest absolute Gasteiger partial charge is 0.345 e. The van der Waals surface area contributed by atoms with Crippen molar-refractivity contribution < 1.29 is 4.79 Å². The van der Waals surface area contributed by atoms with E-state index in [9.17, 15) is 4.79 Å². The molecule has 0 aliphatic rings. The lowest BCUT2D eigenvalue weighted by atomic mass is 9.93. The van der Waals surface area contributed by atoms with Crippen LogP contribution >= 0.6 is 11.3 Å². The average Bonchev–Trinajstić information content (AvgIpc) is 3.00. The van der Waals surface area contributed by atoms with E-state index >= 15 is 0 Å². The van der Waals surface area contributed by atoms with Gasteiger partial charge in [0.05, 0.1) is 10.7 Å². The van der Waals surface area contributed by atoms with Gasteiger partial charge in [0.15, 0.2) is 0 Å². The summed E-state index contributed by atoms with van der Waals surface area (Å²) in [5.41, 5.74) is 2.38. The fraction of sp³-hybridized carbons (Fsp3) is 0.500. The molecule has 0 aliphatic heterocycles. The van der Waals surface area contributed by atoms with Crippen LogP contribution in [0.4, 0.5) is 0 Å². The Bertz CT molecular complexity index is 631. The highest BCUT2D eigenvalue weighted by atomic mass is 32.1. The second kappa shape index (κ2) is 7.68. The summed E-state index contributed by atoms with van der Waals surface area (Å²) >= 11 is 1.65. The highest BCUT2D eigenvalue weighted by Crippen LogP contribution is 2.24. The van der Waals surface area contributed by atoms with Gasteiger partial charge in [0.1, 0.15) is 0 Å². The molecular formula is C18H25N3OS. The van der Waals surface area contributed by atoms with Crippen LogP contribution in [-0.4, -0.2) is 34.4 Å². The zero-order valence-corrected chi connectivity index (χ0v) is 15.2. The van der Waals surface area contributed by atoms with Gasteiger partial charge in [-0.2, -0.15) is 0 Å². The molecular weight excluding hydrogens is 306 g/mol. The second-order valence-corrected chi connectivity index (χ2v) is 7.74. The number of carbonyl (C=O) groups is 1. The van der Waals surface area contributed by atoms with Crippen LogP contribution < -0.4 is 0 Å². The number of thiazole rings is 1. The normalized spacial score (nSPS) is 11.5. The van der Waals surface area contributed by atoms with Crippen LogP contribution in [0, 0.1) is 0 Å². The Morgan fingerprint density at radius 2 is 1.91 bits per heavy atom. The number of amides is 1. The minimum Gasteiger partial charge on any atom is -0.345 e. The third-order valence-corrected chi connectivity index (χ3v) is 4.69. The van der Waals surface area contributed by atoms with Crippen molar-refractivity contribution in [3.05, 3.63) is 46.2 Å². The Labute approximate surface area is 142 Å². The van der Waals surface area contributed by atoms with Crippen LogP contribution in [0.2, 0.25) is 0 Å². The molecule has 0 aliphatic carbocycles. The minimum atomic E-state index is 0.0695. The molecule has 2 aromatic heterocycles. The molecule has 0 radical (unpaired) electrons. The third-order valence-electron chi connectivity index (χ3n) is 3.78. The van der Waals surface area contributed by atoms with Gasteiger partial charge >= 0.3 is 0 Å². The van der Waals surface area contributed by atoms with E-state index in [2.05, 4.69) is 36.1 Å². The van der Waals surface area contributed by atoms with Gasteiger partial charge in [-0.05, 0) is 24.1 Å². The van der Waals surface area contributed by atoms with Crippen molar-refractivity contribution in [2.75, 3.05) is 13.6 Å². The van der Waals surface area contributed by atoms with Gasteiger partial charge in [0.2, 0.25) is 5.91 Å². The number of nitrogens with zero attached hydrogens (tertiary/aromatic N) is 3. The Morgan fingerprint density at radius 1 is 1.22 bits per heavy atom. The monoisotopic (exact) mass is 331 g/mol. The van der Waals surface area contributed by atoms with Crippen molar-refractivity contribution in [2.24, 2.45) is 0 Å². The maximum absolute atomic E-state index is 12.2. The summed E-state index contributed by atoms with van der Waals surface area (Å²) in [7, 11) is 1.87. The van der Waals surface area contributed by atoms with Crippen LogP contribution in [0.3, 0.4) is 0 Å². The molecule has 2 heterocycles. The van der Waals surface area contributed by atoms with Crippen molar-refractivity contribution in [1.29, 1.82) is 0 Å². The van der Waals surface area contributed by atoms with Gasteiger partial charge in [-0.1, -0.05) is 20.8 Å². The SMILES string of the molecule is CN(CCc1ccncc1)C(=O)CCc1nc(C(C)(C)C)cs1. The first-order valence-electron chi connectivity index (χ1n) is 7.94. The van der Waals surface area contributed by atoms with Crippen LogP contribution in [-0.2, 0) is 23.1 Å². The van der Waals surface area contributed by atoms with Gasteiger partial charge in [0.25, 0.3) is 0 Å². The van der Waals surface area contributed by atoms with Gasteiger partial charge in [0, 0.05) is 49.6 Å². The number of aryl methyl sites for hydroxylation is 1. The first kappa shape index (κ1) is 17.6. The quantitative estimate of drug-likeness (QED) is 0.814. The van der Waals surface area contributed by atoms with E-state index in [1.54, 1.807) is 28.6 Å². The molecule has 0 saturated heterocycles. The summed E-state index contributed by atoms with van der Waals surface area (Å²) in [6.07, 6.45) is 5.66. The highest BCUT2D eigenvalue weighted by molar-refractivity contribution is 7.09. The molecule has 2 aromatic rings. The maximum atomic E-state index is 12.2. The van der Waals surface area contributed by atoms with Crippen LogP contribution in [0.25, 0.3) is 0 Å².